The molecule has 4 fully saturated rings. The highest BCUT2D eigenvalue weighted by Gasteiger charge is 2.49. The highest BCUT2D eigenvalue weighted by molar-refractivity contribution is 5.83. The normalized spacial score (nSPS) is 45.6. The van der Waals surface area contributed by atoms with Gasteiger partial charge in [-0.15, -0.1) is 0 Å². The first-order chi connectivity index (χ1) is 9.85. The third kappa shape index (κ3) is 1.78. The van der Waals surface area contributed by atoms with Gasteiger partial charge >= 0.3 is 0 Å². The summed E-state index contributed by atoms with van der Waals surface area (Å²) in [5.74, 6) is 3.58. The lowest BCUT2D eigenvalue weighted by Crippen LogP contribution is -2.60. The first kappa shape index (κ1) is 11.8. The molecule has 20 heavy (non-hydrogen) atoms. The summed E-state index contributed by atoms with van der Waals surface area (Å²) >= 11 is 0. The van der Waals surface area contributed by atoms with E-state index < -0.39 is 0 Å². The monoisotopic (exact) mass is 272 g/mol. The average Bonchev–Trinajstić information content (AvgIpc) is 2.84. The van der Waals surface area contributed by atoms with Crippen molar-refractivity contribution in [2.45, 2.75) is 51.0 Å². The zero-order valence-corrected chi connectivity index (χ0v) is 12.2. The summed E-state index contributed by atoms with van der Waals surface area (Å²) < 4.78 is 6.46. The second-order valence-electron chi connectivity index (χ2n) is 7.60. The molecule has 0 amide bonds. The minimum absolute atomic E-state index is 0.475. The Morgan fingerprint density at radius 2 is 1.80 bits per heavy atom. The van der Waals surface area contributed by atoms with E-state index in [1.54, 1.807) is 5.57 Å². The maximum absolute atomic E-state index is 6.46. The molecule has 1 saturated carbocycles. The molecule has 3 heteroatoms. The molecule has 4 bridgehead atoms. The van der Waals surface area contributed by atoms with Crippen molar-refractivity contribution in [2.24, 2.45) is 22.7 Å². The molecule has 4 heterocycles. The van der Waals surface area contributed by atoms with Crippen LogP contribution in [-0.4, -0.2) is 36.5 Å². The number of nitrogens with zero attached hydrogens (tertiary/aromatic N) is 2. The summed E-state index contributed by atoms with van der Waals surface area (Å²) in [7, 11) is 0. The van der Waals surface area contributed by atoms with Gasteiger partial charge in [0.25, 0.3) is 0 Å². The van der Waals surface area contributed by atoms with Crippen LogP contribution in [0.3, 0.4) is 0 Å². The Hall–Kier alpha value is -0.830. The lowest BCUT2D eigenvalue weighted by Gasteiger charge is -2.55. The van der Waals surface area contributed by atoms with Crippen molar-refractivity contribution in [3.05, 3.63) is 11.3 Å². The van der Waals surface area contributed by atoms with E-state index >= 15 is 0 Å². The predicted molar refractivity (Wildman–Crippen MR) is 78.6 cm³/mol. The summed E-state index contributed by atoms with van der Waals surface area (Å²) in [6.45, 7) is 3.91. The van der Waals surface area contributed by atoms with E-state index in [9.17, 15) is 0 Å². The molecule has 4 unspecified atom stereocenters. The molecule has 0 aromatic heterocycles. The van der Waals surface area contributed by atoms with Crippen LogP contribution < -0.4 is 0 Å². The highest BCUT2D eigenvalue weighted by Crippen LogP contribution is 2.45. The molecular formula is C17H24N2O. The lowest BCUT2D eigenvalue weighted by molar-refractivity contribution is -0.104. The van der Waals surface area contributed by atoms with E-state index in [0.717, 1.165) is 30.1 Å². The van der Waals surface area contributed by atoms with Gasteiger partial charge < -0.3 is 9.64 Å². The van der Waals surface area contributed by atoms with Gasteiger partial charge in [-0.2, -0.15) is 0 Å². The smallest absolute Gasteiger partial charge is 0.192 e. The Labute approximate surface area is 121 Å². The summed E-state index contributed by atoms with van der Waals surface area (Å²) in [4.78, 5) is 7.50. The molecule has 108 valence electrons. The van der Waals surface area contributed by atoms with Gasteiger partial charge in [0.2, 0.25) is 0 Å². The van der Waals surface area contributed by atoms with Crippen LogP contribution in [0.1, 0.15) is 44.9 Å². The second kappa shape index (κ2) is 4.33. The molecule has 0 aromatic carbocycles. The van der Waals surface area contributed by atoms with Gasteiger partial charge in [0.05, 0.1) is 0 Å². The molecule has 0 aromatic rings. The first-order valence-electron chi connectivity index (χ1n) is 8.52. The molecule has 3 nitrogen and oxygen atoms in total. The molecule has 5 atom stereocenters. The van der Waals surface area contributed by atoms with Crippen LogP contribution in [0.4, 0.5) is 0 Å². The molecule has 0 N–H and O–H groups in total. The number of aliphatic imine (C=N–C) groups is 1. The van der Waals surface area contributed by atoms with Gasteiger partial charge in [-0.25, -0.2) is 4.99 Å². The summed E-state index contributed by atoms with van der Waals surface area (Å²) in [6.07, 6.45) is 9.43. The van der Waals surface area contributed by atoms with E-state index in [0.29, 0.717) is 6.10 Å². The molecule has 6 rings (SSSR count). The number of ether oxygens (including phenoxy) is 1. The van der Waals surface area contributed by atoms with Crippen molar-refractivity contribution < 1.29 is 4.74 Å². The first-order valence-corrected chi connectivity index (χ1v) is 8.52. The Balaban J connectivity index is 1.31. The fraction of sp³-hybridized carbons (Fsp3) is 0.824. The van der Waals surface area contributed by atoms with Gasteiger partial charge in [0, 0.05) is 43.6 Å². The number of rotatable bonds is 1. The van der Waals surface area contributed by atoms with Gasteiger partial charge in [0.1, 0.15) is 6.10 Å². The van der Waals surface area contributed by atoms with E-state index in [1.807, 2.05) is 0 Å². The molecule has 3 saturated heterocycles. The molecule has 6 aliphatic rings. The van der Waals surface area contributed by atoms with Crippen LogP contribution in [-0.2, 0) is 4.74 Å². The number of hydrogen-bond donors (Lipinski definition) is 0. The average molecular weight is 272 g/mol. The van der Waals surface area contributed by atoms with Crippen LogP contribution in [0.15, 0.2) is 16.3 Å². The van der Waals surface area contributed by atoms with E-state index in [1.165, 1.54) is 63.9 Å². The van der Waals surface area contributed by atoms with Crippen molar-refractivity contribution >= 4 is 5.90 Å². The standard InChI is InChI=1S/C17H24N2O/c1-2-4-15-12(3-1)7-16(18-15)20-17-13-5-11-6-14(17)10-19(8-11)9-13/h11,13-14,17H,1-10H2/t11?,13-,14?,17?/m0/s1. The molecule has 0 spiro atoms. The minimum atomic E-state index is 0.475. The zero-order valence-electron chi connectivity index (χ0n) is 12.2. The summed E-state index contributed by atoms with van der Waals surface area (Å²) in [5, 5.41) is 0. The van der Waals surface area contributed by atoms with Crippen LogP contribution in [0.5, 0.6) is 0 Å². The van der Waals surface area contributed by atoms with Crippen LogP contribution in [0.25, 0.3) is 0 Å². The predicted octanol–water partition coefficient (Wildman–Crippen LogP) is 2.97. The molecular weight excluding hydrogens is 248 g/mol. The van der Waals surface area contributed by atoms with Gasteiger partial charge in [-0.05, 0) is 50.0 Å². The molecule has 4 aliphatic heterocycles. The van der Waals surface area contributed by atoms with Crippen molar-refractivity contribution in [3.63, 3.8) is 0 Å². The Kier molecular flexibility index (Phi) is 2.55. The largest absolute Gasteiger partial charge is 0.476 e. The van der Waals surface area contributed by atoms with Crippen LogP contribution in [0, 0.1) is 17.8 Å². The minimum Gasteiger partial charge on any atom is -0.476 e. The number of hydrogen-bond acceptors (Lipinski definition) is 3. The number of allylic oxidation sites excluding steroid dienone is 1. The van der Waals surface area contributed by atoms with Crippen molar-refractivity contribution in [1.82, 2.24) is 4.90 Å². The van der Waals surface area contributed by atoms with Gasteiger partial charge in [0.15, 0.2) is 5.90 Å². The van der Waals surface area contributed by atoms with E-state index in [-0.39, 0.29) is 0 Å². The highest BCUT2D eigenvalue weighted by atomic mass is 16.5. The lowest BCUT2D eigenvalue weighted by atomic mass is 9.66. The Morgan fingerprint density at radius 1 is 1.00 bits per heavy atom. The zero-order chi connectivity index (χ0) is 13.1. The van der Waals surface area contributed by atoms with Crippen molar-refractivity contribution in [1.29, 1.82) is 0 Å². The van der Waals surface area contributed by atoms with Gasteiger partial charge in [-0.1, -0.05) is 0 Å². The van der Waals surface area contributed by atoms with Gasteiger partial charge in [-0.3, -0.25) is 0 Å². The van der Waals surface area contributed by atoms with E-state index in [2.05, 4.69) is 4.90 Å². The Morgan fingerprint density at radius 3 is 2.55 bits per heavy atom. The maximum atomic E-state index is 6.46. The third-order valence-electron chi connectivity index (χ3n) is 6.15. The second-order valence-corrected chi connectivity index (χ2v) is 7.60. The quantitative estimate of drug-likeness (QED) is 0.733. The van der Waals surface area contributed by atoms with Crippen LogP contribution in [0.2, 0.25) is 0 Å². The maximum Gasteiger partial charge on any atom is 0.192 e. The SMILES string of the molecule is C1CCC2=C(C1)CC(OC1C3CC4C[C@H]1CN(C4)C3)=N2. The fourth-order valence-electron chi connectivity index (χ4n) is 5.43. The third-order valence-corrected chi connectivity index (χ3v) is 6.15. The summed E-state index contributed by atoms with van der Waals surface area (Å²) in [5.41, 5.74) is 2.96. The summed E-state index contributed by atoms with van der Waals surface area (Å²) in [6, 6.07) is 0. The van der Waals surface area contributed by atoms with Crippen molar-refractivity contribution in [3.8, 4) is 0 Å². The van der Waals surface area contributed by atoms with Crippen LogP contribution >= 0.6 is 0 Å². The number of piperidine rings is 3. The molecule has 2 aliphatic carbocycles. The van der Waals surface area contributed by atoms with E-state index in [4.69, 9.17) is 9.73 Å². The Bertz CT molecular complexity index is 465. The van der Waals surface area contributed by atoms with Crippen molar-refractivity contribution in [2.75, 3.05) is 19.6 Å². The molecule has 0 radical (unpaired) electrons. The fourth-order valence-corrected chi connectivity index (χ4v) is 5.43. The topological polar surface area (TPSA) is 24.8 Å².